The molecule has 2 aliphatic heterocycles. The Morgan fingerprint density at radius 2 is 1.73 bits per heavy atom. The molecule has 6 heteroatoms. The standard InChI is InChI=1S/C20H29N3O2.ClH/c1-20(19(25)22-13-9-17(21-2)10-14-22)11-6-12-23(15-20)18(24)16-7-4-3-5-8-16;/h3-5,7-8,17,21H,6,9-15H2,1-2H3;1H. The maximum Gasteiger partial charge on any atom is 0.253 e. The molecule has 2 saturated heterocycles. The molecule has 2 heterocycles. The SMILES string of the molecule is CNC1CCN(C(=O)C2(C)CCCN(C(=O)c3ccccc3)C2)CC1.Cl. The van der Waals surface area contributed by atoms with Crippen molar-refractivity contribution in [1.29, 1.82) is 0 Å². The molecule has 1 N–H and O–H groups in total. The van der Waals surface area contributed by atoms with Crippen molar-refractivity contribution in [3.63, 3.8) is 0 Å². The summed E-state index contributed by atoms with van der Waals surface area (Å²) in [7, 11) is 1.98. The van der Waals surface area contributed by atoms with Gasteiger partial charge in [0.15, 0.2) is 0 Å². The molecule has 1 atom stereocenters. The van der Waals surface area contributed by atoms with Crippen LogP contribution in [-0.2, 0) is 4.79 Å². The maximum atomic E-state index is 13.1. The minimum absolute atomic E-state index is 0. The Bertz CT molecular complexity index is 617. The molecular weight excluding hydrogens is 350 g/mol. The first kappa shape index (κ1) is 20.7. The summed E-state index contributed by atoms with van der Waals surface area (Å²) in [6, 6.07) is 9.88. The second-order valence-corrected chi connectivity index (χ2v) is 7.61. The van der Waals surface area contributed by atoms with E-state index in [-0.39, 0.29) is 24.2 Å². The van der Waals surface area contributed by atoms with Crippen LogP contribution >= 0.6 is 12.4 Å². The van der Waals surface area contributed by atoms with E-state index in [1.165, 1.54) is 0 Å². The largest absolute Gasteiger partial charge is 0.342 e. The summed E-state index contributed by atoms with van der Waals surface area (Å²) in [5, 5.41) is 3.30. The molecule has 26 heavy (non-hydrogen) atoms. The fourth-order valence-corrected chi connectivity index (χ4v) is 4.10. The number of hydrogen-bond donors (Lipinski definition) is 1. The molecule has 1 unspecified atom stereocenters. The zero-order chi connectivity index (χ0) is 17.9. The van der Waals surface area contributed by atoms with Crippen molar-refractivity contribution < 1.29 is 9.59 Å². The molecule has 0 aliphatic carbocycles. The van der Waals surface area contributed by atoms with Gasteiger partial charge >= 0.3 is 0 Å². The highest BCUT2D eigenvalue weighted by Gasteiger charge is 2.42. The van der Waals surface area contributed by atoms with Crippen LogP contribution in [-0.4, -0.2) is 60.9 Å². The molecular formula is C20H30ClN3O2. The van der Waals surface area contributed by atoms with E-state index in [1.807, 2.05) is 54.1 Å². The topological polar surface area (TPSA) is 52.7 Å². The lowest BCUT2D eigenvalue weighted by atomic mass is 9.79. The summed E-state index contributed by atoms with van der Waals surface area (Å²) in [6.45, 7) is 4.91. The fraction of sp³-hybridized carbons (Fsp3) is 0.600. The summed E-state index contributed by atoms with van der Waals surface area (Å²) < 4.78 is 0. The third-order valence-corrected chi connectivity index (χ3v) is 5.71. The van der Waals surface area contributed by atoms with Gasteiger partial charge in [-0.15, -0.1) is 12.4 Å². The smallest absolute Gasteiger partial charge is 0.253 e. The van der Waals surface area contributed by atoms with Crippen molar-refractivity contribution >= 4 is 24.2 Å². The number of nitrogens with one attached hydrogen (secondary N) is 1. The number of carbonyl (C=O) groups excluding carboxylic acids is 2. The van der Waals surface area contributed by atoms with Crippen molar-refractivity contribution in [2.24, 2.45) is 5.41 Å². The molecule has 0 aromatic heterocycles. The van der Waals surface area contributed by atoms with Gasteiger partial charge in [-0.3, -0.25) is 9.59 Å². The van der Waals surface area contributed by atoms with Crippen LogP contribution in [0.3, 0.4) is 0 Å². The van der Waals surface area contributed by atoms with Crippen molar-refractivity contribution in [1.82, 2.24) is 15.1 Å². The number of halogens is 1. The summed E-state index contributed by atoms with van der Waals surface area (Å²) in [5.41, 5.74) is 0.240. The summed E-state index contributed by atoms with van der Waals surface area (Å²) >= 11 is 0. The van der Waals surface area contributed by atoms with Gasteiger partial charge in [0.2, 0.25) is 5.91 Å². The van der Waals surface area contributed by atoms with Crippen LogP contribution in [0.15, 0.2) is 30.3 Å². The quantitative estimate of drug-likeness (QED) is 0.878. The monoisotopic (exact) mass is 379 g/mol. The average Bonchev–Trinajstić information content (AvgIpc) is 2.67. The van der Waals surface area contributed by atoms with Gasteiger partial charge < -0.3 is 15.1 Å². The van der Waals surface area contributed by atoms with Gasteiger partial charge in [-0.1, -0.05) is 18.2 Å². The molecule has 0 radical (unpaired) electrons. The lowest BCUT2D eigenvalue weighted by Gasteiger charge is -2.43. The molecule has 2 amide bonds. The lowest BCUT2D eigenvalue weighted by molar-refractivity contribution is -0.145. The number of hydrogen-bond acceptors (Lipinski definition) is 3. The van der Waals surface area contributed by atoms with Crippen LogP contribution in [0.25, 0.3) is 0 Å². The van der Waals surface area contributed by atoms with Crippen molar-refractivity contribution in [2.45, 2.75) is 38.6 Å². The Morgan fingerprint density at radius 3 is 2.35 bits per heavy atom. The highest BCUT2D eigenvalue weighted by atomic mass is 35.5. The van der Waals surface area contributed by atoms with Crippen molar-refractivity contribution in [3.8, 4) is 0 Å². The van der Waals surface area contributed by atoms with Crippen LogP contribution in [0.2, 0.25) is 0 Å². The highest BCUT2D eigenvalue weighted by molar-refractivity contribution is 5.95. The van der Waals surface area contributed by atoms with Crippen LogP contribution in [0.4, 0.5) is 0 Å². The zero-order valence-corrected chi connectivity index (χ0v) is 16.6. The number of nitrogens with zero attached hydrogens (tertiary/aromatic N) is 2. The van der Waals surface area contributed by atoms with Gasteiger partial charge in [0.1, 0.15) is 0 Å². The van der Waals surface area contributed by atoms with Gasteiger partial charge in [0.05, 0.1) is 5.41 Å². The second kappa shape index (κ2) is 8.87. The van der Waals surface area contributed by atoms with E-state index in [2.05, 4.69) is 5.32 Å². The molecule has 0 spiro atoms. The number of likely N-dealkylation sites (tertiary alicyclic amines) is 2. The Kier molecular flexibility index (Phi) is 7.07. The number of piperidine rings is 2. The molecule has 2 aliphatic rings. The lowest BCUT2D eigenvalue weighted by Crippen LogP contribution is -2.55. The Hall–Kier alpha value is -1.59. The van der Waals surface area contributed by atoms with Crippen LogP contribution in [0, 0.1) is 5.41 Å². The fourth-order valence-electron chi connectivity index (χ4n) is 4.10. The number of amides is 2. The predicted octanol–water partition coefficient (Wildman–Crippen LogP) is 2.56. The molecule has 2 fully saturated rings. The number of rotatable bonds is 3. The Labute approximate surface area is 162 Å². The third kappa shape index (κ3) is 4.38. The van der Waals surface area contributed by atoms with Crippen LogP contribution in [0.5, 0.6) is 0 Å². The van der Waals surface area contributed by atoms with E-state index in [0.717, 1.165) is 45.3 Å². The van der Waals surface area contributed by atoms with E-state index in [1.54, 1.807) is 0 Å². The summed E-state index contributed by atoms with van der Waals surface area (Å²) in [4.78, 5) is 29.8. The molecule has 5 nitrogen and oxygen atoms in total. The third-order valence-electron chi connectivity index (χ3n) is 5.71. The van der Waals surface area contributed by atoms with Gasteiger partial charge in [-0.25, -0.2) is 0 Å². The van der Waals surface area contributed by atoms with Gasteiger partial charge in [-0.2, -0.15) is 0 Å². The van der Waals surface area contributed by atoms with Crippen LogP contribution < -0.4 is 5.32 Å². The summed E-state index contributed by atoms with van der Waals surface area (Å²) in [5.74, 6) is 0.251. The normalized spacial score (nSPS) is 24.1. The first-order valence-corrected chi connectivity index (χ1v) is 9.34. The van der Waals surface area contributed by atoms with Gasteiger partial charge in [-0.05, 0) is 51.8 Å². The maximum absolute atomic E-state index is 13.1. The molecule has 0 saturated carbocycles. The Morgan fingerprint density at radius 1 is 1.08 bits per heavy atom. The van der Waals surface area contributed by atoms with Crippen molar-refractivity contribution in [2.75, 3.05) is 33.2 Å². The first-order chi connectivity index (χ1) is 12.0. The number of benzene rings is 1. The van der Waals surface area contributed by atoms with E-state index < -0.39 is 5.41 Å². The first-order valence-electron chi connectivity index (χ1n) is 9.34. The van der Waals surface area contributed by atoms with E-state index in [9.17, 15) is 9.59 Å². The van der Waals surface area contributed by atoms with E-state index >= 15 is 0 Å². The average molecular weight is 380 g/mol. The van der Waals surface area contributed by atoms with Crippen molar-refractivity contribution in [3.05, 3.63) is 35.9 Å². The van der Waals surface area contributed by atoms with E-state index in [0.29, 0.717) is 18.2 Å². The van der Waals surface area contributed by atoms with E-state index in [4.69, 9.17) is 0 Å². The zero-order valence-electron chi connectivity index (χ0n) is 15.7. The molecule has 3 rings (SSSR count). The van der Waals surface area contributed by atoms with Gasteiger partial charge in [0, 0.05) is 37.8 Å². The summed E-state index contributed by atoms with van der Waals surface area (Å²) in [6.07, 6.45) is 3.75. The highest BCUT2D eigenvalue weighted by Crippen LogP contribution is 2.33. The molecule has 0 bridgehead atoms. The molecule has 1 aromatic carbocycles. The number of carbonyl (C=O) groups is 2. The minimum Gasteiger partial charge on any atom is -0.342 e. The van der Waals surface area contributed by atoms with Crippen LogP contribution in [0.1, 0.15) is 43.0 Å². The molecule has 144 valence electrons. The predicted molar refractivity (Wildman–Crippen MR) is 106 cm³/mol. The second-order valence-electron chi connectivity index (χ2n) is 7.61. The van der Waals surface area contributed by atoms with Gasteiger partial charge in [0.25, 0.3) is 5.91 Å². The minimum atomic E-state index is -0.463. The Balaban J connectivity index is 0.00000243. The molecule has 1 aromatic rings.